The van der Waals surface area contributed by atoms with E-state index in [0.29, 0.717) is 17.3 Å². The van der Waals surface area contributed by atoms with Crippen LogP contribution in [0.1, 0.15) is 32.1 Å². The van der Waals surface area contributed by atoms with Crippen LogP contribution in [0.25, 0.3) is 0 Å². The first kappa shape index (κ1) is 19.0. The van der Waals surface area contributed by atoms with Crippen LogP contribution >= 0.6 is 11.8 Å². The Balaban J connectivity index is 1.94. The van der Waals surface area contributed by atoms with E-state index in [-0.39, 0.29) is 5.41 Å². The molecule has 0 saturated carbocycles. The molecular formula is C20H22N4O2S. The fourth-order valence-corrected chi connectivity index (χ4v) is 3.41. The van der Waals surface area contributed by atoms with Gasteiger partial charge in [0.1, 0.15) is 5.76 Å². The van der Waals surface area contributed by atoms with E-state index in [2.05, 4.69) is 10.1 Å². The number of nitrogens with two attached hydrogens (primary N) is 1. The van der Waals surface area contributed by atoms with Gasteiger partial charge in [0.05, 0.1) is 5.69 Å². The minimum Gasteiger partial charge on any atom is -0.359 e. The molecule has 140 valence electrons. The molecule has 0 aliphatic heterocycles. The van der Waals surface area contributed by atoms with Crippen LogP contribution in [0.4, 0.5) is 16.3 Å². The van der Waals surface area contributed by atoms with Gasteiger partial charge < -0.3 is 10.3 Å². The van der Waals surface area contributed by atoms with Gasteiger partial charge in [-0.1, -0.05) is 43.8 Å². The van der Waals surface area contributed by atoms with Gasteiger partial charge in [0.25, 0.3) is 0 Å². The van der Waals surface area contributed by atoms with Crippen LogP contribution < -0.4 is 10.6 Å². The van der Waals surface area contributed by atoms with Crippen molar-refractivity contribution < 1.29 is 9.32 Å². The van der Waals surface area contributed by atoms with E-state index in [1.165, 1.54) is 4.90 Å². The maximum Gasteiger partial charge on any atom is 0.325 e. The highest BCUT2D eigenvalue weighted by Crippen LogP contribution is 2.34. The molecule has 0 fully saturated rings. The number of hydrogen-bond acceptors (Lipinski definition) is 5. The Labute approximate surface area is 162 Å². The van der Waals surface area contributed by atoms with E-state index >= 15 is 0 Å². The SMILES string of the molecule is Cc1cnccc1Sc1cccc(N(C(N)=O)c2cc(C(C)(C)C)on2)c1. The van der Waals surface area contributed by atoms with Crippen molar-refractivity contribution in [2.24, 2.45) is 5.73 Å². The lowest BCUT2D eigenvalue weighted by Crippen LogP contribution is -2.31. The number of anilines is 2. The molecule has 0 unspecified atom stereocenters. The van der Waals surface area contributed by atoms with Crippen LogP contribution in [0.15, 0.2) is 63.1 Å². The summed E-state index contributed by atoms with van der Waals surface area (Å²) in [5, 5.41) is 4.04. The van der Waals surface area contributed by atoms with Gasteiger partial charge in [-0.05, 0) is 36.8 Å². The van der Waals surface area contributed by atoms with E-state index in [9.17, 15) is 4.79 Å². The number of amides is 2. The molecule has 0 atom stereocenters. The highest BCUT2D eigenvalue weighted by molar-refractivity contribution is 7.99. The molecule has 2 aromatic heterocycles. The van der Waals surface area contributed by atoms with Crippen molar-refractivity contribution in [2.45, 2.75) is 42.9 Å². The molecule has 2 heterocycles. The molecular weight excluding hydrogens is 360 g/mol. The summed E-state index contributed by atoms with van der Waals surface area (Å²) in [6.07, 6.45) is 3.59. The molecule has 27 heavy (non-hydrogen) atoms. The normalized spacial score (nSPS) is 11.4. The van der Waals surface area contributed by atoms with Crippen molar-refractivity contribution in [3.05, 3.63) is 60.1 Å². The van der Waals surface area contributed by atoms with E-state index in [4.69, 9.17) is 10.3 Å². The molecule has 0 bridgehead atoms. The number of benzene rings is 1. The van der Waals surface area contributed by atoms with Crippen LogP contribution in [0.5, 0.6) is 0 Å². The lowest BCUT2D eigenvalue weighted by Gasteiger charge is -2.18. The highest BCUT2D eigenvalue weighted by atomic mass is 32.2. The first-order valence-electron chi connectivity index (χ1n) is 8.51. The number of rotatable bonds is 4. The zero-order valence-corrected chi connectivity index (χ0v) is 16.6. The summed E-state index contributed by atoms with van der Waals surface area (Å²) in [6.45, 7) is 8.05. The molecule has 0 aliphatic rings. The summed E-state index contributed by atoms with van der Waals surface area (Å²) < 4.78 is 5.41. The zero-order valence-electron chi connectivity index (χ0n) is 15.8. The molecule has 1 aromatic carbocycles. The van der Waals surface area contributed by atoms with Crippen molar-refractivity contribution in [3.8, 4) is 0 Å². The quantitative estimate of drug-likeness (QED) is 0.683. The summed E-state index contributed by atoms with van der Waals surface area (Å²) in [6, 6.07) is 10.7. The Morgan fingerprint density at radius 1 is 1.22 bits per heavy atom. The van der Waals surface area contributed by atoms with Crippen LogP contribution in [0.2, 0.25) is 0 Å². The number of nitrogens with zero attached hydrogens (tertiary/aromatic N) is 3. The Hall–Kier alpha value is -2.80. The zero-order chi connectivity index (χ0) is 19.6. The fourth-order valence-electron chi connectivity index (χ4n) is 2.49. The summed E-state index contributed by atoms with van der Waals surface area (Å²) in [4.78, 5) is 19.7. The summed E-state index contributed by atoms with van der Waals surface area (Å²) in [5.41, 5.74) is 7.14. The number of urea groups is 1. The maximum atomic E-state index is 12.1. The monoisotopic (exact) mass is 382 g/mol. The highest BCUT2D eigenvalue weighted by Gasteiger charge is 2.25. The topological polar surface area (TPSA) is 85.3 Å². The minimum absolute atomic E-state index is 0.217. The van der Waals surface area contributed by atoms with Crippen molar-refractivity contribution in [2.75, 3.05) is 4.90 Å². The summed E-state index contributed by atoms with van der Waals surface area (Å²) in [7, 11) is 0. The molecule has 3 aromatic rings. The predicted molar refractivity (Wildman–Crippen MR) is 106 cm³/mol. The van der Waals surface area contributed by atoms with Crippen LogP contribution in [0.3, 0.4) is 0 Å². The predicted octanol–water partition coefficient (Wildman–Crippen LogP) is 5.04. The fraction of sp³-hybridized carbons (Fsp3) is 0.250. The van der Waals surface area contributed by atoms with E-state index < -0.39 is 6.03 Å². The largest absolute Gasteiger partial charge is 0.359 e. The van der Waals surface area contributed by atoms with Crippen molar-refractivity contribution in [1.82, 2.24) is 10.1 Å². The molecule has 2 amide bonds. The van der Waals surface area contributed by atoms with Gasteiger partial charge in [0.2, 0.25) is 0 Å². The number of carbonyl (C=O) groups is 1. The Morgan fingerprint density at radius 2 is 2.00 bits per heavy atom. The van der Waals surface area contributed by atoms with Gasteiger partial charge in [-0.15, -0.1) is 0 Å². The number of hydrogen-bond donors (Lipinski definition) is 1. The van der Waals surface area contributed by atoms with Gasteiger partial charge >= 0.3 is 6.03 Å². The molecule has 0 saturated heterocycles. The molecule has 6 nitrogen and oxygen atoms in total. The molecule has 0 radical (unpaired) electrons. The number of primary amides is 1. The van der Waals surface area contributed by atoms with Crippen molar-refractivity contribution >= 4 is 29.3 Å². The van der Waals surface area contributed by atoms with Gasteiger partial charge in [-0.25, -0.2) is 9.69 Å². The van der Waals surface area contributed by atoms with Crippen molar-refractivity contribution in [1.29, 1.82) is 0 Å². The van der Waals surface area contributed by atoms with Crippen molar-refractivity contribution in [3.63, 3.8) is 0 Å². The summed E-state index contributed by atoms with van der Waals surface area (Å²) >= 11 is 1.60. The smallest absolute Gasteiger partial charge is 0.325 e. The third-order valence-electron chi connectivity index (χ3n) is 3.96. The van der Waals surface area contributed by atoms with Gasteiger partial charge in [0.15, 0.2) is 5.82 Å². The van der Waals surface area contributed by atoms with Crippen LogP contribution in [0, 0.1) is 6.92 Å². The molecule has 3 rings (SSSR count). The number of aryl methyl sites for hydroxylation is 1. The lowest BCUT2D eigenvalue weighted by atomic mass is 9.93. The lowest BCUT2D eigenvalue weighted by molar-refractivity contribution is 0.255. The molecule has 0 aliphatic carbocycles. The van der Waals surface area contributed by atoms with Crippen LogP contribution in [-0.2, 0) is 5.41 Å². The second-order valence-electron chi connectivity index (χ2n) is 7.21. The minimum atomic E-state index is -0.619. The number of pyridine rings is 1. The Morgan fingerprint density at radius 3 is 2.63 bits per heavy atom. The van der Waals surface area contributed by atoms with E-state index in [0.717, 1.165) is 15.4 Å². The first-order valence-corrected chi connectivity index (χ1v) is 9.32. The van der Waals surface area contributed by atoms with E-state index in [1.807, 2.05) is 64.2 Å². The third kappa shape index (κ3) is 4.31. The molecule has 7 heteroatoms. The second kappa shape index (κ2) is 7.44. The van der Waals surface area contributed by atoms with Gasteiger partial charge in [-0.2, -0.15) is 0 Å². The maximum absolute atomic E-state index is 12.1. The Bertz CT molecular complexity index is 962. The van der Waals surface area contributed by atoms with Gasteiger partial charge in [0, 0.05) is 33.7 Å². The third-order valence-corrected chi connectivity index (χ3v) is 5.13. The first-order chi connectivity index (χ1) is 12.8. The average Bonchev–Trinajstić information content (AvgIpc) is 3.07. The second-order valence-corrected chi connectivity index (χ2v) is 8.33. The number of carbonyl (C=O) groups excluding carboxylic acids is 1. The molecule has 2 N–H and O–H groups in total. The standard InChI is InChI=1S/C20H22N4O2S/c1-13-12-22-9-8-16(13)27-15-7-5-6-14(10-15)24(19(21)25)18-11-17(26-23-18)20(2,3)4/h5-12H,1-4H3,(H2,21,25). The molecule has 0 spiro atoms. The summed E-state index contributed by atoms with van der Waals surface area (Å²) in [5.74, 6) is 1.05. The van der Waals surface area contributed by atoms with Gasteiger partial charge in [-0.3, -0.25) is 4.98 Å². The van der Waals surface area contributed by atoms with Crippen LogP contribution in [-0.4, -0.2) is 16.2 Å². The average molecular weight is 382 g/mol. The number of aromatic nitrogens is 2. The van der Waals surface area contributed by atoms with E-state index in [1.54, 1.807) is 24.0 Å². The Kier molecular flexibility index (Phi) is 5.23.